The summed E-state index contributed by atoms with van der Waals surface area (Å²) < 4.78 is 24.5. The van der Waals surface area contributed by atoms with Crippen LogP contribution < -0.4 is 14.5 Å². The van der Waals surface area contributed by atoms with Crippen LogP contribution in [0.2, 0.25) is 0 Å². The van der Waals surface area contributed by atoms with Crippen LogP contribution in [0.25, 0.3) is 11.4 Å². The van der Waals surface area contributed by atoms with Gasteiger partial charge in [-0.2, -0.15) is 4.98 Å². The number of aromatic nitrogens is 2. The minimum absolute atomic E-state index is 0.194. The Balaban J connectivity index is 1.43. The minimum Gasteiger partial charge on any atom is -0.497 e. The normalized spacial score (nSPS) is 14.5. The first-order valence-electron chi connectivity index (χ1n) is 8.47. The van der Waals surface area contributed by atoms with Gasteiger partial charge in [0.25, 0.3) is 0 Å². The van der Waals surface area contributed by atoms with Gasteiger partial charge < -0.3 is 19.1 Å². The second-order valence-corrected chi connectivity index (χ2v) is 6.05. The third-order valence-electron chi connectivity index (χ3n) is 4.51. The molecule has 1 fully saturated rings. The van der Waals surface area contributed by atoms with Gasteiger partial charge in [0.2, 0.25) is 5.82 Å². The molecule has 1 aliphatic rings. The van der Waals surface area contributed by atoms with Gasteiger partial charge in [0.15, 0.2) is 0 Å². The molecule has 2 heterocycles. The predicted molar refractivity (Wildman–Crippen MR) is 97.1 cm³/mol. The van der Waals surface area contributed by atoms with Gasteiger partial charge in [-0.25, -0.2) is 4.39 Å². The average molecular weight is 354 g/mol. The van der Waals surface area contributed by atoms with Crippen LogP contribution in [-0.4, -0.2) is 43.4 Å². The third-order valence-corrected chi connectivity index (χ3v) is 4.51. The quantitative estimate of drug-likeness (QED) is 0.717. The Morgan fingerprint density at radius 1 is 0.962 bits per heavy atom. The summed E-state index contributed by atoms with van der Waals surface area (Å²) in [6, 6.07) is 14.8. The Morgan fingerprint density at radius 2 is 1.65 bits per heavy atom. The smallest absolute Gasteiger partial charge is 0.324 e. The van der Waals surface area contributed by atoms with E-state index in [2.05, 4.69) is 10.1 Å². The number of rotatable bonds is 4. The molecule has 0 spiro atoms. The van der Waals surface area contributed by atoms with E-state index < -0.39 is 0 Å². The number of hydrogen-bond acceptors (Lipinski definition) is 6. The van der Waals surface area contributed by atoms with Crippen LogP contribution in [0.15, 0.2) is 53.1 Å². The molecular formula is C19H19FN4O2. The Morgan fingerprint density at radius 3 is 2.35 bits per heavy atom. The summed E-state index contributed by atoms with van der Waals surface area (Å²) in [5, 5.41) is 4.07. The molecule has 1 saturated heterocycles. The van der Waals surface area contributed by atoms with Crippen LogP contribution in [-0.2, 0) is 0 Å². The highest BCUT2D eigenvalue weighted by Gasteiger charge is 2.23. The fraction of sp³-hybridized carbons (Fsp3) is 0.263. The number of benzene rings is 2. The summed E-state index contributed by atoms with van der Waals surface area (Å²) in [6.45, 7) is 2.78. The van der Waals surface area contributed by atoms with E-state index in [9.17, 15) is 4.39 Å². The van der Waals surface area contributed by atoms with E-state index >= 15 is 0 Å². The lowest BCUT2D eigenvalue weighted by molar-refractivity contribution is 0.409. The van der Waals surface area contributed by atoms with Gasteiger partial charge in [-0.3, -0.25) is 0 Å². The lowest BCUT2D eigenvalue weighted by Crippen LogP contribution is -2.47. The number of hydrogen-bond donors (Lipinski definition) is 0. The molecule has 0 atom stereocenters. The van der Waals surface area contributed by atoms with Crippen molar-refractivity contribution in [2.45, 2.75) is 0 Å². The molecule has 2 aromatic carbocycles. The molecule has 0 saturated carbocycles. The van der Waals surface area contributed by atoms with Crippen molar-refractivity contribution in [2.75, 3.05) is 43.1 Å². The summed E-state index contributed by atoms with van der Waals surface area (Å²) in [7, 11) is 1.63. The number of halogens is 1. The van der Waals surface area contributed by atoms with Gasteiger partial charge in [-0.05, 0) is 36.4 Å². The number of anilines is 2. The van der Waals surface area contributed by atoms with E-state index in [1.54, 1.807) is 19.2 Å². The van der Waals surface area contributed by atoms with E-state index in [-0.39, 0.29) is 5.82 Å². The highest BCUT2D eigenvalue weighted by atomic mass is 19.1. The summed E-state index contributed by atoms with van der Waals surface area (Å²) in [6.07, 6.45) is 0. The van der Waals surface area contributed by atoms with Crippen LogP contribution in [0, 0.1) is 5.82 Å². The molecule has 26 heavy (non-hydrogen) atoms. The maximum absolute atomic E-state index is 13.9. The number of ether oxygens (including phenoxy) is 1. The molecule has 3 aromatic rings. The molecule has 0 aliphatic carbocycles. The molecule has 0 bridgehead atoms. The molecule has 0 unspecified atom stereocenters. The molecule has 0 N–H and O–H groups in total. The lowest BCUT2D eigenvalue weighted by Gasteiger charge is -2.35. The van der Waals surface area contributed by atoms with Gasteiger partial charge in [0.1, 0.15) is 11.6 Å². The van der Waals surface area contributed by atoms with Gasteiger partial charge in [0, 0.05) is 31.7 Å². The van der Waals surface area contributed by atoms with Gasteiger partial charge >= 0.3 is 6.01 Å². The van der Waals surface area contributed by atoms with Crippen molar-refractivity contribution in [2.24, 2.45) is 0 Å². The molecule has 4 rings (SSSR count). The van der Waals surface area contributed by atoms with Crippen molar-refractivity contribution in [1.82, 2.24) is 10.1 Å². The van der Waals surface area contributed by atoms with E-state index in [1.807, 2.05) is 40.1 Å². The third kappa shape index (κ3) is 3.20. The van der Waals surface area contributed by atoms with Crippen molar-refractivity contribution in [3.8, 4) is 17.1 Å². The Hall–Kier alpha value is -3.09. The second-order valence-electron chi connectivity index (χ2n) is 6.05. The molecular weight excluding hydrogens is 335 g/mol. The van der Waals surface area contributed by atoms with Crippen LogP contribution in [0.3, 0.4) is 0 Å². The number of para-hydroxylation sites is 1. The molecule has 1 aromatic heterocycles. The fourth-order valence-electron chi connectivity index (χ4n) is 3.05. The van der Waals surface area contributed by atoms with E-state index in [4.69, 9.17) is 9.26 Å². The lowest BCUT2D eigenvalue weighted by atomic mass is 10.2. The zero-order chi connectivity index (χ0) is 17.9. The van der Waals surface area contributed by atoms with Crippen LogP contribution in [0.5, 0.6) is 5.75 Å². The molecule has 6 nitrogen and oxygen atoms in total. The minimum atomic E-state index is -0.194. The maximum Gasteiger partial charge on any atom is 0.324 e. The van der Waals surface area contributed by atoms with Crippen LogP contribution in [0.4, 0.5) is 16.1 Å². The summed E-state index contributed by atoms with van der Waals surface area (Å²) in [5.74, 6) is 1.13. The van der Waals surface area contributed by atoms with Crippen LogP contribution >= 0.6 is 0 Å². The monoisotopic (exact) mass is 354 g/mol. The SMILES string of the molecule is COc1ccc(-c2noc(N3CCN(c4ccccc4F)CC3)n2)cc1. The zero-order valence-corrected chi connectivity index (χ0v) is 14.4. The van der Waals surface area contributed by atoms with E-state index in [0.29, 0.717) is 43.7 Å². The van der Waals surface area contributed by atoms with Crippen molar-refractivity contribution < 1.29 is 13.7 Å². The van der Waals surface area contributed by atoms with Gasteiger partial charge in [0.05, 0.1) is 12.8 Å². The number of methoxy groups -OCH3 is 1. The zero-order valence-electron chi connectivity index (χ0n) is 14.4. The first kappa shape index (κ1) is 16.4. The van der Waals surface area contributed by atoms with Crippen molar-refractivity contribution in [3.63, 3.8) is 0 Å². The maximum atomic E-state index is 13.9. The van der Waals surface area contributed by atoms with E-state index in [1.165, 1.54) is 6.07 Å². The van der Waals surface area contributed by atoms with Crippen molar-refractivity contribution in [3.05, 3.63) is 54.3 Å². The molecule has 0 amide bonds. The predicted octanol–water partition coefficient (Wildman–Crippen LogP) is 3.21. The largest absolute Gasteiger partial charge is 0.497 e. The fourth-order valence-corrected chi connectivity index (χ4v) is 3.05. The van der Waals surface area contributed by atoms with Crippen molar-refractivity contribution >= 4 is 11.7 Å². The van der Waals surface area contributed by atoms with Crippen LogP contribution in [0.1, 0.15) is 0 Å². The highest BCUT2D eigenvalue weighted by molar-refractivity contribution is 5.57. The Bertz CT molecular complexity index is 873. The van der Waals surface area contributed by atoms with Crippen molar-refractivity contribution in [1.29, 1.82) is 0 Å². The molecule has 0 radical (unpaired) electrons. The average Bonchev–Trinajstić information content (AvgIpc) is 3.19. The first-order valence-corrected chi connectivity index (χ1v) is 8.47. The molecule has 134 valence electrons. The Kier molecular flexibility index (Phi) is 4.43. The van der Waals surface area contributed by atoms with Gasteiger partial charge in [-0.15, -0.1) is 0 Å². The number of nitrogens with zero attached hydrogens (tertiary/aromatic N) is 4. The standard InChI is InChI=1S/C19H19FN4O2/c1-25-15-8-6-14(7-9-15)18-21-19(26-22-18)24-12-10-23(11-13-24)17-5-3-2-4-16(17)20/h2-9H,10-13H2,1H3. The summed E-state index contributed by atoms with van der Waals surface area (Å²) in [5.41, 5.74) is 1.50. The van der Waals surface area contributed by atoms with E-state index in [0.717, 1.165) is 11.3 Å². The molecule has 7 heteroatoms. The second kappa shape index (κ2) is 7.03. The Labute approximate surface area is 150 Å². The first-order chi connectivity index (χ1) is 12.7. The summed E-state index contributed by atoms with van der Waals surface area (Å²) >= 11 is 0. The highest BCUT2D eigenvalue weighted by Crippen LogP contribution is 2.25. The number of piperazine rings is 1. The van der Waals surface area contributed by atoms with Gasteiger partial charge in [-0.1, -0.05) is 17.3 Å². The molecule has 1 aliphatic heterocycles. The summed E-state index contributed by atoms with van der Waals surface area (Å²) in [4.78, 5) is 8.55. The topological polar surface area (TPSA) is 54.6 Å².